The fourth-order valence-corrected chi connectivity index (χ4v) is 18.1. The van der Waals surface area contributed by atoms with Gasteiger partial charge in [0.2, 0.25) is 0 Å². The molecule has 1 N–H and O–H groups in total. The van der Waals surface area contributed by atoms with Crippen LogP contribution in [0.2, 0.25) is 30.7 Å². The Kier molecular flexibility index (Phi) is 23.2. The molecule has 14 nitrogen and oxygen atoms in total. The van der Waals surface area contributed by atoms with Crippen LogP contribution in [0.4, 0.5) is 21.2 Å². The Morgan fingerprint density at radius 3 is 2.27 bits per heavy atom. The third-order valence-electron chi connectivity index (χ3n) is 15.0. The highest BCUT2D eigenvalue weighted by atomic mass is 32.1. The number of likely N-dealkylation sites (tertiary alicyclic amines) is 1. The topological polar surface area (TPSA) is 132 Å². The summed E-state index contributed by atoms with van der Waals surface area (Å²) in [5, 5.41) is 16.4. The summed E-state index contributed by atoms with van der Waals surface area (Å²) in [5.74, 6) is 6.24. The summed E-state index contributed by atoms with van der Waals surface area (Å²) in [6.07, 6.45) is 5.94. The van der Waals surface area contributed by atoms with Gasteiger partial charge in [0.25, 0.3) is 8.32 Å². The number of methoxy groups -OCH3 is 1. The maximum Gasteiger partial charge on any atom is 0.357 e. The molecule has 0 bridgehead atoms. The van der Waals surface area contributed by atoms with E-state index in [1.807, 2.05) is 44.1 Å². The van der Waals surface area contributed by atoms with Crippen molar-refractivity contribution in [2.45, 2.75) is 116 Å². The van der Waals surface area contributed by atoms with Gasteiger partial charge in [-0.2, -0.15) is 4.99 Å². The van der Waals surface area contributed by atoms with Gasteiger partial charge in [-0.3, -0.25) is 9.47 Å². The first-order valence-electron chi connectivity index (χ1n) is 29.6. The third kappa shape index (κ3) is 17.4. The van der Waals surface area contributed by atoms with E-state index in [4.69, 9.17) is 38.8 Å². The molecule has 0 spiro atoms. The Hall–Kier alpha value is -5.93. The van der Waals surface area contributed by atoms with E-state index in [1.165, 1.54) is 54.1 Å². The number of aromatic nitrogens is 4. The lowest BCUT2D eigenvalue weighted by atomic mass is 10.1. The Bertz CT molecular complexity index is 3330. The van der Waals surface area contributed by atoms with Gasteiger partial charge in [-0.15, -0.1) is 21.5 Å². The van der Waals surface area contributed by atoms with E-state index >= 15 is 4.39 Å². The standard InChI is InChI=1S/C65H86FN9O5S2Si2/c1-49-45-59(70-71-61(49)69-64-75(48-78-43-44-83(8,9)10)55-31-18-19-32-57(55)81-64)74(63-68-60(62(76)77-7)58(82-63)33-24-42-79-56-35-34-50(46-54(56)66)25-22-37-72(5)6)40-23-26-51(47-67-36-41-73-38-20-13-21-39-73)80-84(65(2,3)4,52-27-14-11-15-28-52)53-29-16-12-17-30-53/h11-12,14-19,27-32,34-35,45-46,51,67H,13,20-21,23-24,26,33,36-44,47-48H2,1-10H3. The molecule has 8 rings (SSSR count). The van der Waals surface area contributed by atoms with E-state index in [9.17, 15) is 4.79 Å². The number of esters is 1. The fraction of sp³-hybridized carbons (Fsp3) is 0.462. The number of hydrogen-bond acceptors (Lipinski definition) is 15. The average molecular weight is 1210 g/mol. The van der Waals surface area contributed by atoms with Crippen molar-refractivity contribution >= 4 is 82.4 Å². The second-order valence-corrected chi connectivity index (χ2v) is 36.1. The van der Waals surface area contributed by atoms with E-state index in [2.05, 4.69) is 145 Å². The van der Waals surface area contributed by atoms with Gasteiger partial charge in [-0.25, -0.2) is 14.2 Å². The van der Waals surface area contributed by atoms with Crippen molar-refractivity contribution in [3.8, 4) is 17.6 Å². The van der Waals surface area contributed by atoms with Crippen LogP contribution in [0.5, 0.6) is 5.75 Å². The number of benzene rings is 4. The van der Waals surface area contributed by atoms with Gasteiger partial charge in [-0.05, 0) is 136 Å². The molecule has 1 saturated heterocycles. The zero-order valence-electron chi connectivity index (χ0n) is 51.0. The third-order valence-corrected chi connectivity index (χ3v) is 24.0. The van der Waals surface area contributed by atoms with Crippen LogP contribution in [0.15, 0.2) is 114 Å². The molecule has 0 saturated carbocycles. The van der Waals surface area contributed by atoms with Gasteiger partial charge >= 0.3 is 5.97 Å². The van der Waals surface area contributed by atoms with E-state index in [1.54, 1.807) is 23.5 Å². The van der Waals surface area contributed by atoms with Gasteiger partial charge in [0.1, 0.15) is 6.73 Å². The van der Waals surface area contributed by atoms with Gasteiger partial charge in [0, 0.05) is 51.3 Å². The smallest absolute Gasteiger partial charge is 0.357 e. The number of thiazole rings is 2. The molecular weight excluding hydrogens is 1130 g/mol. The number of para-hydroxylation sites is 1. The van der Waals surface area contributed by atoms with Crippen LogP contribution in [0.25, 0.3) is 10.2 Å². The molecule has 1 fully saturated rings. The summed E-state index contributed by atoms with van der Waals surface area (Å²) in [4.78, 5) is 31.9. The van der Waals surface area contributed by atoms with E-state index < -0.39 is 28.2 Å². The first kappa shape index (κ1) is 64.1. The normalized spacial score (nSPS) is 14.0. The van der Waals surface area contributed by atoms with Crippen molar-refractivity contribution in [3.63, 3.8) is 0 Å². The van der Waals surface area contributed by atoms with Crippen molar-refractivity contribution in [2.24, 2.45) is 4.99 Å². The number of halogens is 1. The summed E-state index contributed by atoms with van der Waals surface area (Å²) in [6, 6.07) is 37.8. The molecule has 1 atom stereocenters. The molecule has 1 unspecified atom stereocenters. The zero-order chi connectivity index (χ0) is 59.7. The minimum absolute atomic E-state index is 0.143. The van der Waals surface area contributed by atoms with Gasteiger partial charge in [-0.1, -0.05) is 143 Å². The highest BCUT2D eigenvalue weighted by Gasteiger charge is 2.51. The first-order valence-corrected chi connectivity index (χ1v) is 36.9. The van der Waals surface area contributed by atoms with Gasteiger partial charge < -0.3 is 33.8 Å². The van der Waals surface area contributed by atoms with Crippen LogP contribution in [-0.4, -0.2) is 138 Å². The number of fused-ring (bicyclic) bond motifs is 1. The Labute approximate surface area is 507 Å². The number of anilines is 2. The van der Waals surface area contributed by atoms with Crippen LogP contribution in [0, 0.1) is 24.6 Å². The molecule has 3 aromatic heterocycles. The Morgan fingerprint density at radius 1 is 0.893 bits per heavy atom. The number of carbonyl (C=O) groups excluding carboxylic acids is 1. The molecule has 0 radical (unpaired) electrons. The van der Waals surface area contributed by atoms with E-state index in [-0.39, 0.29) is 29.2 Å². The number of piperidine rings is 1. The monoisotopic (exact) mass is 1210 g/mol. The number of carbonyl (C=O) groups is 1. The number of rotatable bonds is 28. The zero-order valence-corrected chi connectivity index (χ0v) is 54.6. The Morgan fingerprint density at radius 2 is 1.61 bits per heavy atom. The summed E-state index contributed by atoms with van der Waals surface area (Å²) >= 11 is 3.00. The molecule has 1 aliphatic rings. The number of ether oxygens (including phenoxy) is 3. The molecule has 1 aliphatic heterocycles. The molecule has 19 heteroatoms. The minimum Gasteiger partial charge on any atom is -0.491 e. The first-order chi connectivity index (χ1) is 40.4. The number of hydrogen-bond donors (Lipinski definition) is 1. The summed E-state index contributed by atoms with van der Waals surface area (Å²) in [6.45, 7) is 23.2. The second-order valence-electron chi connectivity index (χ2n) is 24.1. The summed E-state index contributed by atoms with van der Waals surface area (Å²) < 4.78 is 44.0. The fourth-order valence-electron chi connectivity index (χ4n) is 10.5. The highest BCUT2D eigenvalue weighted by molar-refractivity contribution is 7.16. The van der Waals surface area contributed by atoms with Crippen LogP contribution < -0.4 is 30.1 Å². The highest BCUT2D eigenvalue weighted by Crippen LogP contribution is 2.39. The molecule has 448 valence electrons. The van der Waals surface area contributed by atoms with Crippen molar-refractivity contribution in [2.75, 3.05) is 85.1 Å². The molecule has 7 aromatic rings. The quantitative estimate of drug-likeness (QED) is 0.0217. The van der Waals surface area contributed by atoms with Crippen molar-refractivity contribution in [1.82, 2.24) is 34.9 Å². The van der Waals surface area contributed by atoms with Crippen LogP contribution in [0.3, 0.4) is 0 Å². The lowest BCUT2D eigenvalue weighted by Gasteiger charge is -2.45. The lowest BCUT2D eigenvalue weighted by Crippen LogP contribution is -2.68. The Balaban J connectivity index is 1.11. The van der Waals surface area contributed by atoms with Crippen LogP contribution in [0.1, 0.15) is 85.8 Å². The summed E-state index contributed by atoms with van der Waals surface area (Å²) in [5.41, 5.74) is 2.67. The maximum absolute atomic E-state index is 15.2. The second kappa shape index (κ2) is 30.4. The number of nitrogens with zero attached hydrogens (tertiary/aromatic N) is 8. The van der Waals surface area contributed by atoms with Gasteiger partial charge in [0.05, 0.1) is 36.6 Å². The molecular formula is C65H86FN9O5S2Si2. The molecule has 4 aromatic carbocycles. The maximum atomic E-state index is 15.2. The lowest BCUT2D eigenvalue weighted by molar-refractivity contribution is 0.0593. The minimum atomic E-state index is -2.97. The SMILES string of the molecule is COC(=O)c1nc(N(CCCC(CNCCN2CCCCC2)O[Si](c2ccccc2)(c2ccccc2)C(C)(C)C)c2cc(C)c(N=c3sc4ccccc4n3COCC[Si](C)(C)C)nn2)sc1CCCOc1ccc(C#CCN(C)C)cc1F. The number of nitrogens with one attached hydrogen (secondary N) is 1. The van der Waals surface area contributed by atoms with Crippen molar-refractivity contribution < 1.29 is 27.8 Å². The molecule has 84 heavy (non-hydrogen) atoms. The predicted molar refractivity (Wildman–Crippen MR) is 347 cm³/mol. The molecule has 0 amide bonds. The predicted octanol–water partition coefficient (Wildman–Crippen LogP) is 11.6. The molecule has 0 aliphatic carbocycles. The molecule has 4 heterocycles. The number of aryl methyl sites for hydroxylation is 2. The van der Waals surface area contributed by atoms with Crippen LogP contribution >= 0.6 is 22.7 Å². The van der Waals surface area contributed by atoms with E-state index in [0.29, 0.717) is 81.0 Å². The summed E-state index contributed by atoms with van der Waals surface area (Å²) in [7, 11) is 0.978. The average Bonchev–Trinajstić information content (AvgIpc) is 3.95. The van der Waals surface area contributed by atoms with Gasteiger partial charge in [0.15, 0.2) is 38.8 Å². The van der Waals surface area contributed by atoms with Crippen LogP contribution in [-0.2, 0) is 27.1 Å². The van der Waals surface area contributed by atoms with Crippen molar-refractivity contribution in [3.05, 3.63) is 142 Å². The van der Waals surface area contributed by atoms with Crippen molar-refractivity contribution in [1.29, 1.82) is 0 Å². The largest absolute Gasteiger partial charge is 0.491 e. The van der Waals surface area contributed by atoms with E-state index in [0.717, 1.165) is 57.7 Å².